The van der Waals surface area contributed by atoms with Crippen LogP contribution >= 0.6 is 0 Å². The molecule has 1 aromatic carbocycles. The van der Waals surface area contributed by atoms with Gasteiger partial charge in [0.05, 0.1) is 6.04 Å². The Morgan fingerprint density at radius 1 is 1.12 bits per heavy atom. The highest BCUT2D eigenvalue weighted by Gasteiger charge is 2.40. The van der Waals surface area contributed by atoms with Crippen molar-refractivity contribution < 1.29 is 19.1 Å². The maximum Gasteiger partial charge on any atom is 0.327 e. The first-order valence-corrected chi connectivity index (χ1v) is 7.88. The van der Waals surface area contributed by atoms with Crippen LogP contribution in [0.25, 0.3) is 0 Å². The maximum atomic E-state index is 12.4. The smallest absolute Gasteiger partial charge is 0.327 e. The van der Waals surface area contributed by atoms with Gasteiger partial charge in [0.1, 0.15) is 6.54 Å². The molecule has 0 aromatic heterocycles. The Kier molecular flexibility index (Phi) is 3.33. The van der Waals surface area contributed by atoms with Crippen LogP contribution in [-0.4, -0.2) is 48.2 Å². The molecule has 2 atom stereocenters. The Morgan fingerprint density at radius 2 is 1.92 bits per heavy atom. The minimum atomic E-state index is -0.257. The predicted octanol–water partition coefficient (Wildman–Crippen LogP) is 2.20. The van der Waals surface area contributed by atoms with Crippen molar-refractivity contribution in [2.45, 2.75) is 18.9 Å². The summed E-state index contributed by atoms with van der Waals surface area (Å²) in [6.45, 7) is 2.32. The number of carbonyl (C=O) groups excluding carboxylic acids is 2. The summed E-state index contributed by atoms with van der Waals surface area (Å²) < 4.78 is 11.0. The third-order valence-corrected chi connectivity index (χ3v) is 4.74. The van der Waals surface area contributed by atoms with Gasteiger partial charge in [-0.3, -0.25) is 9.69 Å². The van der Waals surface area contributed by atoms with Gasteiger partial charge in [-0.1, -0.05) is 30.4 Å². The summed E-state index contributed by atoms with van der Waals surface area (Å²) in [7, 11) is 1.52. The van der Waals surface area contributed by atoms with Crippen LogP contribution in [0.2, 0.25) is 0 Å². The van der Waals surface area contributed by atoms with Gasteiger partial charge >= 0.3 is 6.03 Å². The number of ether oxygens (including phenoxy) is 2. The Bertz CT molecular complexity index is 783. The molecule has 1 aliphatic carbocycles. The minimum Gasteiger partial charge on any atom is -0.454 e. The average Bonchev–Trinajstić information content (AvgIpc) is 3.16. The molecule has 124 valence electrons. The van der Waals surface area contributed by atoms with E-state index in [1.54, 1.807) is 4.90 Å². The maximum absolute atomic E-state index is 12.4. The van der Waals surface area contributed by atoms with Crippen molar-refractivity contribution in [2.75, 3.05) is 20.4 Å². The number of benzene rings is 1. The summed E-state index contributed by atoms with van der Waals surface area (Å²) in [5, 5.41) is 0. The van der Waals surface area contributed by atoms with Crippen LogP contribution in [0.1, 0.15) is 17.0 Å². The van der Waals surface area contributed by atoms with Gasteiger partial charge < -0.3 is 14.4 Å². The summed E-state index contributed by atoms with van der Waals surface area (Å²) in [5.74, 6) is 1.29. The third-order valence-electron chi connectivity index (χ3n) is 4.74. The van der Waals surface area contributed by atoms with Crippen LogP contribution in [0.3, 0.4) is 0 Å². The molecule has 1 aromatic rings. The number of aryl methyl sites for hydroxylation is 1. The molecule has 24 heavy (non-hydrogen) atoms. The lowest BCUT2D eigenvalue weighted by molar-refractivity contribution is -0.124. The van der Waals surface area contributed by atoms with Crippen molar-refractivity contribution in [3.05, 3.63) is 47.6 Å². The third kappa shape index (κ3) is 2.18. The number of imide groups is 1. The first-order valence-electron chi connectivity index (χ1n) is 7.88. The van der Waals surface area contributed by atoms with Crippen molar-refractivity contribution in [1.29, 1.82) is 0 Å². The van der Waals surface area contributed by atoms with E-state index >= 15 is 0 Å². The van der Waals surface area contributed by atoms with E-state index in [0.29, 0.717) is 0 Å². The molecule has 6 nitrogen and oxygen atoms in total. The molecule has 6 heteroatoms. The number of allylic oxidation sites excluding steroid dienone is 2. The van der Waals surface area contributed by atoms with E-state index in [9.17, 15) is 9.59 Å². The Morgan fingerprint density at radius 3 is 2.67 bits per heavy atom. The number of likely N-dealkylation sites (N-methyl/N-ethyl adjacent to an activating group) is 1. The Labute approximate surface area is 139 Å². The van der Waals surface area contributed by atoms with E-state index in [2.05, 4.69) is 12.1 Å². The number of hydrogen-bond donors (Lipinski definition) is 0. The average molecular weight is 326 g/mol. The number of hydrogen-bond acceptors (Lipinski definition) is 4. The monoisotopic (exact) mass is 326 g/mol. The summed E-state index contributed by atoms with van der Waals surface area (Å²) in [5.41, 5.74) is 2.04. The summed E-state index contributed by atoms with van der Waals surface area (Å²) in [4.78, 5) is 27.0. The van der Waals surface area contributed by atoms with Gasteiger partial charge in [0.25, 0.3) is 0 Å². The highest BCUT2D eigenvalue weighted by atomic mass is 16.7. The molecule has 0 radical (unpaired) electrons. The van der Waals surface area contributed by atoms with Crippen LogP contribution in [0, 0.1) is 6.92 Å². The van der Waals surface area contributed by atoms with E-state index in [1.165, 1.54) is 11.9 Å². The zero-order valence-corrected chi connectivity index (χ0v) is 13.6. The number of rotatable bonds is 2. The van der Waals surface area contributed by atoms with Gasteiger partial charge in [-0.25, -0.2) is 4.79 Å². The SMILES string of the molecule is Cc1cc([C@H]2C=CC=C[C@@H]2N2CC(=O)N(C)C2=O)cc2c1OCO2. The fraction of sp³-hybridized carbons (Fsp3) is 0.333. The zero-order valence-electron chi connectivity index (χ0n) is 13.6. The van der Waals surface area contributed by atoms with Crippen molar-refractivity contribution in [3.63, 3.8) is 0 Å². The molecular weight excluding hydrogens is 308 g/mol. The number of urea groups is 1. The first-order chi connectivity index (χ1) is 11.6. The van der Waals surface area contributed by atoms with Gasteiger partial charge in [0, 0.05) is 13.0 Å². The molecule has 0 bridgehead atoms. The second-order valence-electron chi connectivity index (χ2n) is 6.22. The number of amides is 3. The van der Waals surface area contributed by atoms with Crippen LogP contribution in [-0.2, 0) is 4.79 Å². The highest BCUT2D eigenvalue weighted by molar-refractivity contribution is 6.02. The molecule has 4 rings (SSSR count). The second-order valence-corrected chi connectivity index (χ2v) is 6.22. The van der Waals surface area contributed by atoms with E-state index < -0.39 is 0 Å². The van der Waals surface area contributed by atoms with Crippen LogP contribution < -0.4 is 9.47 Å². The number of carbonyl (C=O) groups is 2. The molecule has 2 heterocycles. The second kappa shape index (κ2) is 5.40. The normalized spacial score (nSPS) is 25.1. The van der Waals surface area contributed by atoms with Crippen molar-refractivity contribution in [2.24, 2.45) is 0 Å². The molecule has 3 amide bonds. The molecule has 3 aliphatic rings. The van der Waals surface area contributed by atoms with E-state index in [4.69, 9.17) is 9.47 Å². The summed E-state index contributed by atoms with van der Waals surface area (Å²) >= 11 is 0. The van der Waals surface area contributed by atoms with Crippen molar-refractivity contribution in [3.8, 4) is 11.5 Å². The van der Waals surface area contributed by atoms with Crippen LogP contribution in [0.15, 0.2) is 36.4 Å². The lowest BCUT2D eigenvalue weighted by Crippen LogP contribution is -2.41. The number of fused-ring (bicyclic) bond motifs is 1. The largest absolute Gasteiger partial charge is 0.454 e. The van der Waals surface area contributed by atoms with Crippen LogP contribution in [0.5, 0.6) is 11.5 Å². The lowest BCUT2D eigenvalue weighted by Gasteiger charge is -2.32. The van der Waals surface area contributed by atoms with Crippen LogP contribution in [0.4, 0.5) is 4.79 Å². The Balaban J connectivity index is 1.70. The summed E-state index contributed by atoms with van der Waals surface area (Å²) in [6.07, 6.45) is 7.90. The highest BCUT2D eigenvalue weighted by Crippen LogP contribution is 2.40. The zero-order chi connectivity index (χ0) is 16.8. The van der Waals surface area contributed by atoms with Crippen molar-refractivity contribution >= 4 is 11.9 Å². The molecule has 2 aliphatic heterocycles. The Hall–Kier alpha value is -2.76. The summed E-state index contributed by atoms with van der Waals surface area (Å²) in [6, 6.07) is 3.56. The van der Waals surface area contributed by atoms with E-state index in [1.807, 2.05) is 31.2 Å². The van der Waals surface area contributed by atoms with Gasteiger partial charge in [-0.2, -0.15) is 0 Å². The van der Waals surface area contributed by atoms with Gasteiger partial charge in [-0.05, 0) is 24.1 Å². The quantitative estimate of drug-likeness (QED) is 0.782. The molecule has 1 fully saturated rings. The van der Waals surface area contributed by atoms with Crippen molar-refractivity contribution in [1.82, 2.24) is 9.80 Å². The molecule has 0 N–H and O–H groups in total. The minimum absolute atomic E-state index is 0.0357. The van der Waals surface area contributed by atoms with E-state index in [0.717, 1.165) is 22.6 Å². The van der Waals surface area contributed by atoms with Gasteiger partial charge in [0.2, 0.25) is 12.7 Å². The molecular formula is C18H18N2O4. The lowest BCUT2D eigenvalue weighted by atomic mass is 9.86. The predicted molar refractivity (Wildman–Crippen MR) is 87.0 cm³/mol. The fourth-order valence-electron chi connectivity index (χ4n) is 3.46. The fourth-order valence-corrected chi connectivity index (χ4v) is 3.46. The molecule has 0 unspecified atom stereocenters. The molecule has 1 saturated heterocycles. The molecule has 0 saturated carbocycles. The number of nitrogens with zero attached hydrogens (tertiary/aromatic N) is 2. The van der Waals surface area contributed by atoms with Gasteiger partial charge in [0.15, 0.2) is 11.5 Å². The first kappa shape index (κ1) is 14.8. The molecule has 0 spiro atoms. The van der Waals surface area contributed by atoms with E-state index in [-0.39, 0.29) is 37.2 Å². The van der Waals surface area contributed by atoms with Gasteiger partial charge in [-0.15, -0.1) is 0 Å². The standard InChI is InChI=1S/C18H18N2O4/c1-11-7-12(8-15-17(11)24-10-23-15)13-5-3-4-6-14(13)20-9-16(21)19(2)18(20)22/h3-8,13-14H,9-10H2,1-2H3/t13-,14+/m1/s1. The topological polar surface area (TPSA) is 59.1 Å².